The fraction of sp³-hybridized carbons (Fsp3) is 0.250. The van der Waals surface area contributed by atoms with Crippen molar-refractivity contribution in [3.05, 3.63) is 60.1 Å². The molecule has 2 aliphatic heterocycles. The molecule has 0 unspecified atom stereocenters. The first-order valence-corrected chi connectivity index (χ1v) is 10.5. The van der Waals surface area contributed by atoms with Crippen molar-refractivity contribution in [3.8, 4) is 0 Å². The Bertz CT molecular complexity index is 1070. The number of fused-ring (bicyclic) bond motifs is 1. The van der Waals surface area contributed by atoms with Gasteiger partial charge in [-0.15, -0.1) is 0 Å². The molecule has 2 aromatic rings. The summed E-state index contributed by atoms with van der Waals surface area (Å²) >= 11 is 1.59. The maximum atomic E-state index is 11.9. The van der Waals surface area contributed by atoms with Crippen molar-refractivity contribution in [3.63, 3.8) is 0 Å². The SMILES string of the molecule is Cc1cc(NC2=CN(Sc3ccc(NC(=O)C4CC4)cc3)CC3=NC(N)=C[N+]23)n[nH]1. The molecule has 5 rings (SSSR count). The van der Waals surface area contributed by atoms with Gasteiger partial charge in [0.05, 0.1) is 6.20 Å². The summed E-state index contributed by atoms with van der Waals surface area (Å²) in [6.45, 7) is 2.56. The molecule has 1 aliphatic carbocycles. The smallest absolute Gasteiger partial charge is 0.287 e. The van der Waals surface area contributed by atoms with Crippen molar-refractivity contribution in [2.45, 2.75) is 24.7 Å². The predicted molar refractivity (Wildman–Crippen MR) is 117 cm³/mol. The van der Waals surface area contributed by atoms with Gasteiger partial charge in [0.1, 0.15) is 6.54 Å². The lowest BCUT2D eigenvalue weighted by molar-refractivity contribution is -0.117. The molecule has 1 fully saturated rings. The second-order valence-corrected chi connectivity index (χ2v) is 8.60. The molecule has 5 N–H and O–H groups in total. The van der Waals surface area contributed by atoms with E-state index >= 15 is 0 Å². The van der Waals surface area contributed by atoms with E-state index in [0.29, 0.717) is 12.4 Å². The number of anilines is 2. The van der Waals surface area contributed by atoms with Crippen molar-refractivity contribution in [2.24, 2.45) is 16.6 Å². The van der Waals surface area contributed by atoms with Crippen molar-refractivity contribution in [2.75, 3.05) is 17.2 Å². The molecule has 3 aliphatic rings. The van der Waals surface area contributed by atoms with E-state index < -0.39 is 0 Å². The molecule has 1 radical (unpaired) electrons. The lowest BCUT2D eigenvalue weighted by atomic mass is 10.3. The zero-order valence-corrected chi connectivity index (χ0v) is 17.2. The van der Waals surface area contributed by atoms with Gasteiger partial charge >= 0.3 is 0 Å². The topological polar surface area (TPSA) is 117 Å². The zero-order valence-electron chi connectivity index (χ0n) is 16.4. The number of amides is 1. The molecule has 10 heteroatoms. The Labute approximate surface area is 178 Å². The summed E-state index contributed by atoms with van der Waals surface area (Å²) < 4.78 is 2.08. The van der Waals surface area contributed by atoms with Crippen LogP contribution in [0.2, 0.25) is 0 Å². The van der Waals surface area contributed by atoms with E-state index in [9.17, 15) is 4.79 Å². The Kier molecular flexibility index (Phi) is 4.72. The van der Waals surface area contributed by atoms with Crippen LogP contribution in [0.1, 0.15) is 18.5 Å². The summed E-state index contributed by atoms with van der Waals surface area (Å²) in [5, 5.41) is 13.5. The molecule has 0 saturated heterocycles. The molecule has 1 saturated carbocycles. The molecule has 0 atom stereocenters. The second kappa shape index (κ2) is 7.54. The number of nitrogens with one attached hydrogen (secondary N) is 3. The van der Waals surface area contributed by atoms with Crippen LogP contribution in [0, 0.1) is 12.8 Å². The van der Waals surface area contributed by atoms with E-state index in [-0.39, 0.29) is 11.8 Å². The van der Waals surface area contributed by atoms with Crippen molar-refractivity contribution in [1.29, 1.82) is 0 Å². The molecule has 1 aromatic heterocycles. The van der Waals surface area contributed by atoms with Gasteiger partial charge < -0.3 is 11.1 Å². The third-order valence-corrected chi connectivity index (χ3v) is 5.83. The first-order valence-electron chi connectivity index (χ1n) is 9.74. The Morgan fingerprint density at radius 2 is 2.13 bits per heavy atom. The number of carbonyl (C=O) groups excluding carboxylic acids is 1. The number of rotatable bonds is 6. The average Bonchev–Trinajstić information content (AvgIpc) is 3.39. The van der Waals surface area contributed by atoms with Gasteiger partial charge in [0, 0.05) is 28.3 Å². The summed E-state index contributed by atoms with van der Waals surface area (Å²) in [6.07, 6.45) is 5.80. The number of amidine groups is 1. The quantitative estimate of drug-likeness (QED) is 0.420. The number of aromatic amines is 1. The van der Waals surface area contributed by atoms with Crippen molar-refractivity contribution in [1.82, 2.24) is 19.4 Å². The van der Waals surface area contributed by atoms with E-state index in [1.54, 1.807) is 18.1 Å². The molecule has 0 spiro atoms. The highest BCUT2D eigenvalue weighted by Gasteiger charge is 2.39. The molecule has 9 nitrogen and oxygen atoms in total. The van der Waals surface area contributed by atoms with Gasteiger partial charge in [-0.25, -0.2) is 0 Å². The summed E-state index contributed by atoms with van der Waals surface area (Å²) in [4.78, 5) is 19.3. The number of nitrogens with two attached hydrogens (primary N) is 1. The van der Waals surface area contributed by atoms with E-state index in [4.69, 9.17) is 5.73 Å². The van der Waals surface area contributed by atoms with Crippen LogP contribution in [-0.4, -0.2) is 32.8 Å². The maximum absolute atomic E-state index is 11.9. The second-order valence-electron chi connectivity index (χ2n) is 7.48. The minimum absolute atomic E-state index is 0.114. The van der Waals surface area contributed by atoms with Crippen LogP contribution in [0.25, 0.3) is 0 Å². The lowest BCUT2D eigenvalue weighted by Crippen LogP contribution is -2.42. The van der Waals surface area contributed by atoms with Crippen LogP contribution in [0.5, 0.6) is 0 Å². The largest absolute Gasteiger partial charge is 0.379 e. The molecule has 30 heavy (non-hydrogen) atoms. The average molecular weight is 423 g/mol. The highest BCUT2D eigenvalue weighted by Crippen LogP contribution is 2.32. The van der Waals surface area contributed by atoms with Gasteiger partial charge in [0.2, 0.25) is 12.1 Å². The molecule has 1 aromatic carbocycles. The van der Waals surface area contributed by atoms with E-state index in [2.05, 4.69) is 30.1 Å². The number of hydrogen-bond donors (Lipinski definition) is 4. The predicted octanol–water partition coefficient (Wildman–Crippen LogP) is 2.61. The number of hydrogen-bond acceptors (Lipinski definition) is 8. The fourth-order valence-corrected chi connectivity index (χ4v) is 4.09. The molecular formula is C20H22N8OS+. The van der Waals surface area contributed by atoms with Crippen LogP contribution in [0.3, 0.4) is 0 Å². The highest BCUT2D eigenvalue weighted by atomic mass is 32.2. The maximum Gasteiger partial charge on any atom is 0.287 e. The number of nitrogens with zero attached hydrogens (tertiary/aromatic N) is 4. The molecule has 0 bridgehead atoms. The van der Waals surface area contributed by atoms with Crippen LogP contribution >= 0.6 is 11.9 Å². The first-order chi connectivity index (χ1) is 14.5. The Hall–Kier alpha value is -3.24. The van der Waals surface area contributed by atoms with Crippen LogP contribution in [-0.2, 0) is 4.79 Å². The Balaban J connectivity index is 1.30. The monoisotopic (exact) mass is 422 g/mol. The third-order valence-electron chi connectivity index (χ3n) is 4.88. The van der Waals surface area contributed by atoms with E-state index in [0.717, 1.165) is 46.6 Å². The van der Waals surface area contributed by atoms with E-state index in [1.165, 1.54) is 0 Å². The number of aromatic nitrogens is 2. The summed E-state index contributed by atoms with van der Waals surface area (Å²) in [6, 6.07) is 9.80. The minimum Gasteiger partial charge on any atom is -0.379 e. The minimum atomic E-state index is 0.114. The summed E-state index contributed by atoms with van der Waals surface area (Å²) in [5.41, 5.74) is 7.73. The molecule has 153 valence electrons. The van der Waals surface area contributed by atoms with Crippen molar-refractivity contribution < 1.29 is 4.79 Å². The number of benzene rings is 1. The molecule has 1 amide bonds. The number of aliphatic imine (C=N–C) groups is 1. The van der Waals surface area contributed by atoms with Gasteiger partial charge in [-0.3, -0.25) is 19.5 Å². The van der Waals surface area contributed by atoms with Crippen LogP contribution in [0.15, 0.2) is 64.3 Å². The van der Waals surface area contributed by atoms with Gasteiger partial charge in [-0.1, -0.05) is 0 Å². The first kappa shape index (κ1) is 18.8. The Morgan fingerprint density at radius 3 is 2.83 bits per heavy atom. The summed E-state index contributed by atoms with van der Waals surface area (Å²) in [7, 11) is 0. The standard InChI is InChI=1S/C20H22N8OS/c1-12-8-17(26-25-12)24-19-11-27(10-18-23-16(21)9-28(18)19)30-15-6-4-14(5-7-15)22-20(29)13-2-3-13/h4-9,11,13H,2-3,10,21H2,1H3,(H,22,29)(H2,24,25,26)/q+1. The molecule has 3 heterocycles. The highest BCUT2D eigenvalue weighted by molar-refractivity contribution is 7.97. The van der Waals surface area contributed by atoms with Crippen LogP contribution < -0.4 is 21.3 Å². The normalized spacial score (nSPS) is 18.4. The van der Waals surface area contributed by atoms with Gasteiger partial charge in [-0.2, -0.15) is 10.1 Å². The number of aryl methyl sites for hydroxylation is 1. The van der Waals surface area contributed by atoms with Gasteiger partial charge in [0.25, 0.3) is 11.7 Å². The van der Waals surface area contributed by atoms with Gasteiger partial charge in [0.15, 0.2) is 11.6 Å². The fourth-order valence-electron chi connectivity index (χ4n) is 3.23. The lowest BCUT2D eigenvalue weighted by Gasteiger charge is -2.24. The summed E-state index contributed by atoms with van der Waals surface area (Å²) in [5.74, 6) is 3.15. The molecular weight excluding hydrogens is 400 g/mol. The van der Waals surface area contributed by atoms with Gasteiger partial charge in [-0.05, 0) is 60.9 Å². The number of H-pyrrole nitrogens is 1. The third kappa shape index (κ3) is 4.05. The number of carbonyl (C=O) groups is 1. The van der Waals surface area contributed by atoms with E-state index in [1.807, 2.05) is 48.4 Å². The zero-order chi connectivity index (χ0) is 20.7. The van der Waals surface area contributed by atoms with Crippen LogP contribution in [0.4, 0.5) is 11.5 Å². The van der Waals surface area contributed by atoms with Crippen molar-refractivity contribution >= 4 is 35.2 Å². The Morgan fingerprint density at radius 1 is 1.33 bits per heavy atom.